The van der Waals surface area contributed by atoms with Gasteiger partial charge in [0.1, 0.15) is 5.75 Å². The third kappa shape index (κ3) is 5.87. The molecule has 0 fully saturated rings. The lowest BCUT2D eigenvalue weighted by atomic mass is 10.2. The SMILES string of the molecule is CCOc1ccccc1Nc1nnc(S[C@@H](C)C(=O)Nc2ccc(N(C)C)cc2)s1. The van der Waals surface area contributed by atoms with Crippen LogP contribution in [0.15, 0.2) is 52.9 Å². The molecule has 0 aliphatic carbocycles. The summed E-state index contributed by atoms with van der Waals surface area (Å²) < 4.78 is 6.34. The van der Waals surface area contributed by atoms with Crippen molar-refractivity contribution in [2.75, 3.05) is 36.2 Å². The van der Waals surface area contributed by atoms with E-state index in [1.54, 1.807) is 0 Å². The Balaban J connectivity index is 1.58. The van der Waals surface area contributed by atoms with E-state index in [1.165, 1.54) is 23.1 Å². The first-order valence-electron chi connectivity index (χ1n) is 9.53. The molecule has 9 heteroatoms. The smallest absolute Gasteiger partial charge is 0.237 e. The lowest BCUT2D eigenvalue weighted by molar-refractivity contribution is -0.115. The number of hydrogen-bond donors (Lipinski definition) is 2. The summed E-state index contributed by atoms with van der Waals surface area (Å²) in [7, 11) is 3.96. The number of aromatic nitrogens is 2. The molecule has 3 rings (SSSR count). The van der Waals surface area contributed by atoms with E-state index in [0.717, 1.165) is 27.2 Å². The summed E-state index contributed by atoms with van der Waals surface area (Å²) in [6.07, 6.45) is 0. The number of hydrogen-bond acceptors (Lipinski definition) is 8. The zero-order valence-corrected chi connectivity index (χ0v) is 19.0. The molecule has 2 N–H and O–H groups in total. The molecular formula is C21H25N5O2S2. The van der Waals surface area contributed by atoms with Crippen LogP contribution in [0.25, 0.3) is 0 Å². The molecule has 1 atom stereocenters. The Morgan fingerprint density at radius 2 is 1.90 bits per heavy atom. The van der Waals surface area contributed by atoms with Gasteiger partial charge >= 0.3 is 0 Å². The maximum atomic E-state index is 12.5. The van der Waals surface area contributed by atoms with Gasteiger partial charge in [-0.3, -0.25) is 4.79 Å². The number of carbonyl (C=O) groups excluding carboxylic acids is 1. The molecule has 30 heavy (non-hydrogen) atoms. The van der Waals surface area contributed by atoms with Crippen molar-refractivity contribution < 1.29 is 9.53 Å². The highest BCUT2D eigenvalue weighted by Gasteiger charge is 2.18. The van der Waals surface area contributed by atoms with Gasteiger partial charge in [0, 0.05) is 25.5 Å². The maximum Gasteiger partial charge on any atom is 0.237 e. The minimum atomic E-state index is -0.310. The van der Waals surface area contributed by atoms with E-state index in [9.17, 15) is 4.79 Å². The van der Waals surface area contributed by atoms with Crippen molar-refractivity contribution in [2.45, 2.75) is 23.4 Å². The Hall–Kier alpha value is -2.78. The molecule has 0 aliphatic rings. The number of thioether (sulfide) groups is 1. The van der Waals surface area contributed by atoms with Crippen molar-refractivity contribution >= 4 is 51.2 Å². The van der Waals surface area contributed by atoms with Crippen LogP contribution in [0.3, 0.4) is 0 Å². The zero-order valence-electron chi connectivity index (χ0n) is 17.4. The molecule has 0 saturated carbocycles. The highest BCUT2D eigenvalue weighted by molar-refractivity contribution is 8.02. The predicted octanol–water partition coefficient (Wildman–Crippen LogP) is 4.87. The summed E-state index contributed by atoms with van der Waals surface area (Å²) in [6.45, 7) is 4.38. The van der Waals surface area contributed by atoms with Crippen LogP contribution in [0.5, 0.6) is 5.75 Å². The van der Waals surface area contributed by atoms with Crippen molar-refractivity contribution in [2.24, 2.45) is 0 Å². The zero-order chi connectivity index (χ0) is 21.5. The molecule has 1 amide bonds. The predicted molar refractivity (Wildman–Crippen MR) is 126 cm³/mol. The van der Waals surface area contributed by atoms with E-state index in [-0.39, 0.29) is 11.2 Å². The summed E-state index contributed by atoms with van der Waals surface area (Å²) in [5.74, 6) is 0.682. The molecule has 158 valence electrons. The Bertz CT molecular complexity index is 976. The van der Waals surface area contributed by atoms with Gasteiger partial charge in [0.15, 0.2) is 4.34 Å². The number of nitrogens with one attached hydrogen (secondary N) is 2. The van der Waals surface area contributed by atoms with Crippen LogP contribution in [0.1, 0.15) is 13.8 Å². The quantitative estimate of drug-likeness (QED) is 0.457. The first kappa shape index (κ1) is 21.9. The van der Waals surface area contributed by atoms with Gasteiger partial charge in [-0.1, -0.05) is 35.2 Å². The lowest BCUT2D eigenvalue weighted by Crippen LogP contribution is -2.22. The third-order valence-electron chi connectivity index (χ3n) is 4.13. The second kappa shape index (κ2) is 10.3. The van der Waals surface area contributed by atoms with Gasteiger partial charge < -0.3 is 20.3 Å². The van der Waals surface area contributed by atoms with E-state index in [0.29, 0.717) is 11.7 Å². The van der Waals surface area contributed by atoms with Gasteiger partial charge in [-0.25, -0.2) is 0 Å². The molecule has 0 spiro atoms. The van der Waals surface area contributed by atoms with Gasteiger partial charge in [0.2, 0.25) is 11.0 Å². The summed E-state index contributed by atoms with van der Waals surface area (Å²) in [4.78, 5) is 14.5. The largest absolute Gasteiger partial charge is 0.492 e. The highest BCUT2D eigenvalue weighted by atomic mass is 32.2. The summed E-state index contributed by atoms with van der Waals surface area (Å²) in [6, 6.07) is 15.4. The molecule has 1 heterocycles. The van der Waals surface area contributed by atoms with Crippen LogP contribution in [0.4, 0.5) is 22.2 Å². The summed E-state index contributed by atoms with van der Waals surface area (Å²) in [5, 5.41) is 14.9. The van der Waals surface area contributed by atoms with E-state index >= 15 is 0 Å². The van der Waals surface area contributed by atoms with Gasteiger partial charge in [-0.15, -0.1) is 10.2 Å². The maximum absolute atomic E-state index is 12.5. The molecular weight excluding hydrogens is 418 g/mol. The van der Waals surface area contributed by atoms with Gasteiger partial charge in [-0.05, 0) is 50.2 Å². The van der Waals surface area contributed by atoms with Crippen LogP contribution >= 0.6 is 23.1 Å². The number of rotatable bonds is 9. The fraction of sp³-hybridized carbons (Fsp3) is 0.286. The van der Waals surface area contributed by atoms with E-state index in [4.69, 9.17) is 4.74 Å². The van der Waals surface area contributed by atoms with Crippen molar-refractivity contribution in [3.8, 4) is 5.75 Å². The van der Waals surface area contributed by atoms with Crippen molar-refractivity contribution in [1.82, 2.24) is 10.2 Å². The lowest BCUT2D eigenvalue weighted by Gasteiger charge is -2.14. The second-order valence-corrected chi connectivity index (χ2v) is 9.18. The number of anilines is 4. The van der Waals surface area contributed by atoms with Crippen LogP contribution in [0, 0.1) is 0 Å². The molecule has 7 nitrogen and oxygen atoms in total. The number of carbonyl (C=O) groups is 1. The molecule has 3 aromatic rings. The minimum Gasteiger partial charge on any atom is -0.492 e. The summed E-state index contributed by atoms with van der Waals surface area (Å²) in [5.41, 5.74) is 2.68. The van der Waals surface area contributed by atoms with Crippen LogP contribution in [0.2, 0.25) is 0 Å². The molecule has 1 aromatic heterocycles. The second-order valence-electron chi connectivity index (χ2n) is 6.62. The first-order valence-corrected chi connectivity index (χ1v) is 11.2. The van der Waals surface area contributed by atoms with E-state index < -0.39 is 0 Å². The molecule has 0 aliphatic heterocycles. The van der Waals surface area contributed by atoms with Crippen molar-refractivity contribution in [1.29, 1.82) is 0 Å². The minimum absolute atomic E-state index is 0.0796. The van der Waals surface area contributed by atoms with Gasteiger partial charge in [-0.2, -0.15) is 0 Å². The average molecular weight is 444 g/mol. The van der Waals surface area contributed by atoms with Crippen molar-refractivity contribution in [3.63, 3.8) is 0 Å². The van der Waals surface area contributed by atoms with Crippen LogP contribution in [-0.2, 0) is 4.79 Å². The Morgan fingerprint density at radius 3 is 2.60 bits per heavy atom. The first-order chi connectivity index (χ1) is 14.5. The van der Waals surface area contributed by atoms with Crippen LogP contribution < -0.4 is 20.3 Å². The average Bonchev–Trinajstić information content (AvgIpc) is 3.16. The number of ether oxygens (including phenoxy) is 1. The molecule has 0 radical (unpaired) electrons. The Labute approximate surface area is 184 Å². The normalized spacial score (nSPS) is 11.6. The molecule has 0 unspecified atom stereocenters. The highest BCUT2D eigenvalue weighted by Crippen LogP contribution is 2.33. The monoisotopic (exact) mass is 443 g/mol. The van der Waals surface area contributed by atoms with E-state index in [1.807, 2.05) is 81.4 Å². The van der Waals surface area contributed by atoms with E-state index in [2.05, 4.69) is 20.8 Å². The number of para-hydroxylation sites is 2. The Kier molecular flexibility index (Phi) is 7.53. The standard InChI is InChI=1S/C21H25N5O2S2/c1-5-28-18-9-7-6-8-17(18)23-20-24-25-21(30-20)29-14(2)19(27)22-15-10-12-16(13-11-15)26(3)4/h6-14H,5H2,1-4H3,(H,22,27)(H,23,24)/t14-/m0/s1. The number of amides is 1. The topological polar surface area (TPSA) is 79.4 Å². The van der Waals surface area contributed by atoms with Crippen LogP contribution in [-0.4, -0.2) is 42.1 Å². The fourth-order valence-electron chi connectivity index (χ4n) is 2.57. The van der Waals surface area contributed by atoms with Gasteiger partial charge in [0.25, 0.3) is 0 Å². The Morgan fingerprint density at radius 1 is 1.17 bits per heavy atom. The fourth-order valence-corrected chi connectivity index (χ4v) is 4.47. The number of benzene rings is 2. The molecule has 0 bridgehead atoms. The summed E-state index contributed by atoms with van der Waals surface area (Å²) >= 11 is 2.78. The van der Waals surface area contributed by atoms with Crippen molar-refractivity contribution in [3.05, 3.63) is 48.5 Å². The number of nitrogens with zero attached hydrogens (tertiary/aromatic N) is 3. The van der Waals surface area contributed by atoms with Gasteiger partial charge in [0.05, 0.1) is 17.5 Å². The molecule has 2 aromatic carbocycles. The molecule has 0 saturated heterocycles. The third-order valence-corrected chi connectivity index (χ3v) is 6.16.